The van der Waals surface area contributed by atoms with E-state index in [2.05, 4.69) is 15.4 Å². The van der Waals surface area contributed by atoms with E-state index in [0.717, 1.165) is 18.4 Å². The van der Waals surface area contributed by atoms with Crippen LogP contribution in [0.4, 0.5) is 4.39 Å². The lowest BCUT2D eigenvalue weighted by molar-refractivity contribution is -0.121. The Morgan fingerprint density at radius 1 is 1.33 bits per heavy atom. The van der Waals surface area contributed by atoms with Gasteiger partial charge in [-0.05, 0) is 30.5 Å². The fourth-order valence-electron chi connectivity index (χ4n) is 2.44. The lowest BCUT2D eigenvalue weighted by atomic mass is 9.96. The molecule has 1 N–H and O–H groups in total. The fourth-order valence-corrected chi connectivity index (χ4v) is 2.44. The summed E-state index contributed by atoms with van der Waals surface area (Å²) in [5.74, 6) is -0.231. The zero-order valence-corrected chi connectivity index (χ0v) is 11.6. The molecule has 1 aromatic carbocycles. The highest BCUT2D eigenvalue weighted by atomic mass is 19.1. The molecule has 5 nitrogen and oxygen atoms in total. The first-order valence-corrected chi connectivity index (χ1v) is 7.03. The van der Waals surface area contributed by atoms with E-state index in [4.69, 9.17) is 0 Å². The number of carbonyl (C=O) groups is 1. The maximum absolute atomic E-state index is 13.0. The van der Waals surface area contributed by atoms with Crippen molar-refractivity contribution in [2.75, 3.05) is 6.54 Å². The summed E-state index contributed by atoms with van der Waals surface area (Å²) in [6.45, 7) is 1.13. The summed E-state index contributed by atoms with van der Waals surface area (Å²) in [6, 6.07) is 6.57. The number of halogens is 1. The minimum Gasteiger partial charge on any atom is -0.355 e. The lowest BCUT2D eigenvalue weighted by Crippen LogP contribution is -2.32. The minimum absolute atomic E-state index is 0.00103. The second-order valence-electron chi connectivity index (χ2n) is 5.47. The van der Waals surface area contributed by atoms with Crippen LogP contribution in [-0.2, 0) is 16.8 Å². The summed E-state index contributed by atoms with van der Waals surface area (Å²) in [6.07, 6.45) is 5.48. The van der Waals surface area contributed by atoms with E-state index in [1.54, 1.807) is 11.0 Å². The van der Waals surface area contributed by atoms with Crippen LogP contribution in [0.2, 0.25) is 0 Å². The Hall–Kier alpha value is -2.24. The Bertz CT molecular complexity index is 605. The van der Waals surface area contributed by atoms with Gasteiger partial charge in [-0.15, -0.1) is 0 Å². The molecule has 0 bridgehead atoms. The van der Waals surface area contributed by atoms with Crippen LogP contribution >= 0.6 is 0 Å². The van der Waals surface area contributed by atoms with Crippen LogP contribution in [-0.4, -0.2) is 27.2 Å². The van der Waals surface area contributed by atoms with E-state index in [1.807, 2.05) is 12.1 Å². The van der Waals surface area contributed by atoms with Crippen molar-refractivity contribution in [3.05, 3.63) is 48.3 Å². The summed E-state index contributed by atoms with van der Waals surface area (Å²) in [7, 11) is 0. The third kappa shape index (κ3) is 3.26. The standard InChI is InChI=1S/C15H17FN4O/c16-13-3-1-12(2-4-13)15(6-7-15)9-18-14(21)5-8-20-11-17-10-19-20/h1-4,10-11H,5-9H2,(H,18,21). The molecule has 3 rings (SSSR count). The molecule has 1 heterocycles. The fraction of sp³-hybridized carbons (Fsp3) is 0.400. The molecule has 21 heavy (non-hydrogen) atoms. The molecule has 0 radical (unpaired) electrons. The van der Waals surface area contributed by atoms with Crippen molar-refractivity contribution in [2.24, 2.45) is 0 Å². The van der Waals surface area contributed by atoms with Gasteiger partial charge in [-0.3, -0.25) is 9.48 Å². The second kappa shape index (κ2) is 5.63. The number of nitrogens with zero attached hydrogens (tertiary/aromatic N) is 3. The van der Waals surface area contributed by atoms with Gasteiger partial charge in [-0.1, -0.05) is 12.1 Å². The summed E-state index contributed by atoms with van der Waals surface area (Å²) < 4.78 is 14.6. The number of benzene rings is 1. The number of aromatic nitrogens is 3. The third-order valence-corrected chi connectivity index (χ3v) is 3.97. The highest BCUT2D eigenvalue weighted by Gasteiger charge is 2.44. The van der Waals surface area contributed by atoms with Crippen molar-refractivity contribution in [2.45, 2.75) is 31.2 Å². The van der Waals surface area contributed by atoms with Gasteiger partial charge in [-0.2, -0.15) is 5.10 Å². The molecule has 1 fully saturated rings. The second-order valence-corrected chi connectivity index (χ2v) is 5.47. The highest BCUT2D eigenvalue weighted by molar-refractivity contribution is 5.76. The minimum atomic E-state index is -0.230. The van der Waals surface area contributed by atoms with E-state index in [-0.39, 0.29) is 17.1 Å². The molecule has 1 amide bonds. The van der Waals surface area contributed by atoms with Gasteiger partial charge in [-0.25, -0.2) is 9.37 Å². The van der Waals surface area contributed by atoms with E-state index in [9.17, 15) is 9.18 Å². The molecule has 1 aliphatic carbocycles. The number of amides is 1. The van der Waals surface area contributed by atoms with Crippen LogP contribution in [0.3, 0.4) is 0 Å². The normalized spacial score (nSPS) is 15.7. The first kappa shape index (κ1) is 13.7. The number of nitrogens with one attached hydrogen (secondary N) is 1. The summed E-state index contributed by atoms with van der Waals surface area (Å²) in [4.78, 5) is 15.7. The summed E-state index contributed by atoms with van der Waals surface area (Å²) in [5, 5.41) is 6.92. The van der Waals surface area contributed by atoms with Gasteiger partial charge in [0.1, 0.15) is 18.5 Å². The SMILES string of the molecule is O=C(CCn1cncn1)NCC1(c2ccc(F)cc2)CC1. The van der Waals surface area contributed by atoms with Crippen molar-refractivity contribution in [3.8, 4) is 0 Å². The monoisotopic (exact) mass is 288 g/mol. The molecule has 0 spiro atoms. The van der Waals surface area contributed by atoms with Gasteiger partial charge < -0.3 is 5.32 Å². The Morgan fingerprint density at radius 3 is 2.71 bits per heavy atom. The number of hydrogen-bond acceptors (Lipinski definition) is 3. The Balaban J connectivity index is 1.50. The van der Waals surface area contributed by atoms with Crippen LogP contribution in [0.15, 0.2) is 36.9 Å². The molecule has 1 aliphatic rings. The van der Waals surface area contributed by atoms with Crippen molar-refractivity contribution < 1.29 is 9.18 Å². The van der Waals surface area contributed by atoms with Crippen molar-refractivity contribution in [1.82, 2.24) is 20.1 Å². The summed E-state index contributed by atoms with van der Waals surface area (Å²) >= 11 is 0. The quantitative estimate of drug-likeness (QED) is 0.879. The average molecular weight is 288 g/mol. The number of hydrogen-bond donors (Lipinski definition) is 1. The van der Waals surface area contributed by atoms with Crippen molar-refractivity contribution >= 4 is 5.91 Å². The molecular formula is C15H17FN4O. The Morgan fingerprint density at radius 2 is 2.10 bits per heavy atom. The number of aryl methyl sites for hydroxylation is 1. The molecule has 1 saturated carbocycles. The van der Waals surface area contributed by atoms with Crippen LogP contribution < -0.4 is 5.32 Å². The van der Waals surface area contributed by atoms with Gasteiger partial charge in [0, 0.05) is 18.4 Å². The topological polar surface area (TPSA) is 59.8 Å². The molecule has 2 aromatic rings. The van der Waals surface area contributed by atoms with Crippen molar-refractivity contribution in [1.29, 1.82) is 0 Å². The Labute approximate surface area is 122 Å². The first-order valence-electron chi connectivity index (χ1n) is 7.03. The van der Waals surface area contributed by atoms with E-state index in [1.165, 1.54) is 18.5 Å². The van der Waals surface area contributed by atoms with Crippen LogP contribution in [0, 0.1) is 5.82 Å². The van der Waals surface area contributed by atoms with Gasteiger partial charge in [0.15, 0.2) is 0 Å². The van der Waals surface area contributed by atoms with Crippen LogP contribution in [0.5, 0.6) is 0 Å². The van der Waals surface area contributed by atoms with E-state index in [0.29, 0.717) is 19.5 Å². The maximum atomic E-state index is 13.0. The summed E-state index contributed by atoms with van der Waals surface area (Å²) in [5.41, 5.74) is 1.09. The molecule has 6 heteroatoms. The van der Waals surface area contributed by atoms with Crippen LogP contribution in [0.25, 0.3) is 0 Å². The van der Waals surface area contributed by atoms with Gasteiger partial charge >= 0.3 is 0 Å². The van der Waals surface area contributed by atoms with E-state index >= 15 is 0 Å². The molecule has 0 atom stereocenters. The third-order valence-electron chi connectivity index (χ3n) is 3.97. The predicted molar refractivity (Wildman–Crippen MR) is 75.0 cm³/mol. The number of rotatable bonds is 6. The highest BCUT2D eigenvalue weighted by Crippen LogP contribution is 2.47. The smallest absolute Gasteiger partial charge is 0.221 e. The average Bonchev–Trinajstić information content (AvgIpc) is 3.10. The molecule has 0 unspecified atom stereocenters. The first-order chi connectivity index (χ1) is 10.2. The van der Waals surface area contributed by atoms with Gasteiger partial charge in [0.05, 0.1) is 6.54 Å². The zero-order chi connectivity index (χ0) is 14.7. The maximum Gasteiger partial charge on any atom is 0.221 e. The van der Waals surface area contributed by atoms with Crippen molar-refractivity contribution in [3.63, 3.8) is 0 Å². The van der Waals surface area contributed by atoms with Gasteiger partial charge in [0.2, 0.25) is 5.91 Å². The molecular weight excluding hydrogens is 271 g/mol. The molecule has 110 valence electrons. The Kier molecular flexibility index (Phi) is 3.68. The zero-order valence-electron chi connectivity index (χ0n) is 11.6. The van der Waals surface area contributed by atoms with Gasteiger partial charge in [0.25, 0.3) is 0 Å². The predicted octanol–water partition coefficient (Wildman–Crippen LogP) is 1.66. The largest absolute Gasteiger partial charge is 0.355 e. The molecule has 0 saturated heterocycles. The van der Waals surface area contributed by atoms with Crippen LogP contribution in [0.1, 0.15) is 24.8 Å². The lowest BCUT2D eigenvalue weighted by Gasteiger charge is -2.16. The molecule has 1 aromatic heterocycles. The van der Waals surface area contributed by atoms with E-state index < -0.39 is 0 Å². The number of carbonyl (C=O) groups excluding carboxylic acids is 1. The molecule has 0 aliphatic heterocycles.